The van der Waals surface area contributed by atoms with Gasteiger partial charge in [0.2, 0.25) is 17.6 Å². The summed E-state index contributed by atoms with van der Waals surface area (Å²) in [6.45, 7) is 3.54. The first-order valence-corrected chi connectivity index (χ1v) is 13.4. The summed E-state index contributed by atoms with van der Waals surface area (Å²) in [7, 11) is 0. The zero-order chi connectivity index (χ0) is 26.7. The number of carbonyl (C=O) groups excluding carboxylic acids is 5. The summed E-state index contributed by atoms with van der Waals surface area (Å²) >= 11 is 7.51. The third kappa shape index (κ3) is 6.72. The van der Waals surface area contributed by atoms with Crippen LogP contribution in [0.3, 0.4) is 0 Å². The second-order valence-electron chi connectivity index (χ2n) is 9.53. The minimum Gasteiger partial charge on any atom is -0.353 e. The molecule has 0 bridgehead atoms. The number of halogens is 1. The van der Waals surface area contributed by atoms with E-state index >= 15 is 0 Å². The monoisotopic (exact) mass is 545 g/mol. The number of aromatic nitrogens is 1. The van der Waals surface area contributed by atoms with Gasteiger partial charge in [0, 0.05) is 28.4 Å². The van der Waals surface area contributed by atoms with Crippen molar-refractivity contribution in [2.24, 2.45) is 5.92 Å². The van der Waals surface area contributed by atoms with Crippen LogP contribution in [-0.4, -0.2) is 52.5 Å². The van der Waals surface area contributed by atoms with Gasteiger partial charge in [0.25, 0.3) is 11.8 Å². The number of nitrogens with zero attached hydrogens (tertiary/aromatic N) is 1. The molecule has 10 nitrogen and oxygen atoms in total. The molecule has 2 aliphatic rings. The van der Waals surface area contributed by atoms with E-state index in [0.717, 1.165) is 12.8 Å². The lowest BCUT2D eigenvalue weighted by atomic mass is 9.93. The first kappa shape index (κ1) is 26.7. The van der Waals surface area contributed by atoms with E-state index in [1.165, 1.54) is 29.5 Å². The number of anilines is 1. The summed E-state index contributed by atoms with van der Waals surface area (Å²) in [6.07, 6.45) is 2.05. The van der Waals surface area contributed by atoms with Gasteiger partial charge < -0.3 is 21.3 Å². The van der Waals surface area contributed by atoms with Crippen molar-refractivity contribution in [3.63, 3.8) is 0 Å². The number of rotatable bonds is 10. The van der Waals surface area contributed by atoms with E-state index in [9.17, 15) is 24.0 Å². The molecule has 1 saturated heterocycles. The summed E-state index contributed by atoms with van der Waals surface area (Å²) < 4.78 is 0. The minimum atomic E-state index is -1.23. The van der Waals surface area contributed by atoms with Gasteiger partial charge in [-0.15, -0.1) is 11.3 Å². The van der Waals surface area contributed by atoms with E-state index in [4.69, 9.17) is 11.6 Å². The van der Waals surface area contributed by atoms with Crippen molar-refractivity contribution < 1.29 is 24.0 Å². The van der Waals surface area contributed by atoms with E-state index in [-0.39, 0.29) is 46.6 Å². The molecule has 1 aromatic carbocycles. The quantitative estimate of drug-likeness (QED) is 0.337. The number of nitrogens with one attached hydrogen (secondary N) is 4. The summed E-state index contributed by atoms with van der Waals surface area (Å²) in [5, 5.41) is 12.8. The maximum Gasteiger partial charge on any atom is 0.289 e. The summed E-state index contributed by atoms with van der Waals surface area (Å²) in [6, 6.07) is 3.04. The Kier molecular flexibility index (Phi) is 8.23. The van der Waals surface area contributed by atoms with Gasteiger partial charge in [0.15, 0.2) is 0 Å². The molecule has 2 heterocycles. The number of benzene rings is 1. The van der Waals surface area contributed by atoms with Gasteiger partial charge in [0.1, 0.15) is 0 Å². The van der Waals surface area contributed by atoms with E-state index in [2.05, 4.69) is 26.3 Å². The van der Waals surface area contributed by atoms with Crippen molar-refractivity contribution in [3.8, 4) is 0 Å². The fourth-order valence-corrected chi connectivity index (χ4v) is 5.00. The largest absolute Gasteiger partial charge is 0.353 e. The number of hydrogen-bond donors (Lipinski definition) is 4. The lowest BCUT2D eigenvalue weighted by Crippen LogP contribution is -2.49. The van der Waals surface area contributed by atoms with E-state index in [0.29, 0.717) is 12.1 Å². The predicted molar refractivity (Wildman–Crippen MR) is 138 cm³/mol. The smallest absolute Gasteiger partial charge is 0.289 e. The van der Waals surface area contributed by atoms with Gasteiger partial charge in [-0.3, -0.25) is 24.0 Å². The van der Waals surface area contributed by atoms with Gasteiger partial charge in [-0.1, -0.05) is 11.6 Å². The maximum absolute atomic E-state index is 13.4. The third-order valence-corrected chi connectivity index (χ3v) is 7.29. The average Bonchev–Trinajstić information content (AvgIpc) is 3.38. The Hall–Kier alpha value is -3.31. The Balaban J connectivity index is 1.53. The van der Waals surface area contributed by atoms with Crippen LogP contribution >= 0.6 is 22.9 Å². The molecular formula is C25H28ClN5O5S. The Morgan fingerprint density at radius 2 is 2.00 bits per heavy atom. The first-order chi connectivity index (χ1) is 17.6. The SMILES string of the molecule is CC(C(=O)Nc1ccc(Cl)cc1C(=O)NC(C[C@@H]1C[C@@H](C)NC1=O)C(=O)C(=O)NC1CC1)c1cscn1. The molecule has 196 valence electrons. The number of amides is 4. The number of Topliss-reactive ketones (excluding diaryl/α,β-unsaturated/α-hetero) is 1. The number of carbonyl (C=O) groups is 5. The molecule has 0 spiro atoms. The van der Waals surface area contributed by atoms with Crippen LogP contribution in [-0.2, 0) is 19.2 Å². The van der Waals surface area contributed by atoms with Crippen molar-refractivity contribution in [2.75, 3.05) is 5.32 Å². The molecule has 2 fully saturated rings. The molecule has 4 N–H and O–H groups in total. The molecule has 4 rings (SSSR count). The van der Waals surface area contributed by atoms with Crippen molar-refractivity contribution in [1.82, 2.24) is 20.9 Å². The van der Waals surface area contributed by atoms with Crippen molar-refractivity contribution in [3.05, 3.63) is 45.4 Å². The van der Waals surface area contributed by atoms with Crippen molar-refractivity contribution >= 4 is 58.0 Å². The first-order valence-electron chi connectivity index (χ1n) is 12.1. The van der Waals surface area contributed by atoms with Crippen molar-refractivity contribution in [1.29, 1.82) is 0 Å². The highest BCUT2D eigenvalue weighted by Crippen LogP contribution is 2.26. The molecule has 1 aliphatic heterocycles. The maximum atomic E-state index is 13.4. The van der Waals surface area contributed by atoms with Gasteiger partial charge >= 0.3 is 0 Å². The van der Waals surface area contributed by atoms with Crippen LogP contribution in [0.1, 0.15) is 61.5 Å². The molecule has 1 aromatic heterocycles. The second-order valence-corrected chi connectivity index (χ2v) is 10.7. The Morgan fingerprint density at radius 3 is 2.62 bits per heavy atom. The van der Waals surface area contributed by atoms with E-state index < -0.39 is 35.5 Å². The summed E-state index contributed by atoms with van der Waals surface area (Å²) in [4.78, 5) is 68.3. The highest BCUT2D eigenvalue weighted by molar-refractivity contribution is 7.07. The van der Waals surface area contributed by atoms with Crippen molar-refractivity contribution in [2.45, 2.75) is 63.6 Å². The normalized spacial score (nSPS) is 20.5. The van der Waals surface area contributed by atoms with Crippen LogP contribution in [0.15, 0.2) is 29.1 Å². The number of thiazole rings is 1. The molecule has 12 heteroatoms. The van der Waals surface area contributed by atoms with Crippen LogP contribution in [0.4, 0.5) is 5.69 Å². The molecule has 37 heavy (non-hydrogen) atoms. The molecule has 2 aromatic rings. The van der Waals surface area contributed by atoms with Crippen LogP contribution < -0.4 is 21.3 Å². The lowest BCUT2D eigenvalue weighted by molar-refractivity contribution is -0.139. The standard InChI is InChI=1S/C25H28ClN5O5S/c1-12-7-14(23(34)28-12)8-19(21(32)25(36)29-16-4-5-16)31-24(35)17-9-15(26)3-6-18(17)30-22(33)13(2)20-10-37-11-27-20/h3,6,9-14,16,19H,4-5,7-8H2,1-2H3,(H,28,34)(H,29,36)(H,30,33)(H,31,35)/t12-,13?,14+,19?/m1/s1. The molecule has 0 radical (unpaired) electrons. The topological polar surface area (TPSA) is 146 Å². The van der Waals surface area contributed by atoms with Crippen LogP contribution in [0, 0.1) is 5.92 Å². The molecule has 2 unspecified atom stereocenters. The summed E-state index contributed by atoms with van der Waals surface area (Å²) in [5.74, 6) is -4.03. The fraction of sp³-hybridized carbons (Fsp3) is 0.440. The Bertz CT molecular complexity index is 1220. The Labute approximate surface area is 222 Å². The molecule has 1 saturated carbocycles. The molecule has 1 aliphatic carbocycles. The molecule has 4 amide bonds. The third-order valence-electron chi connectivity index (χ3n) is 6.45. The van der Waals surface area contributed by atoms with E-state index in [1.807, 2.05) is 6.92 Å². The van der Waals surface area contributed by atoms with E-state index in [1.54, 1.807) is 17.8 Å². The highest BCUT2D eigenvalue weighted by Gasteiger charge is 2.37. The number of ketones is 1. The zero-order valence-corrected chi connectivity index (χ0v) is 21.9. The summed E-state index contributed by atoms with van der Waals surface area (Å²) in [5.41, 5.74) is 2.44. The zero-order valence-electron chi connectivity index (χ0n) is 20.4. The number of hydrogen-bond acceptors (Lipinski definition) is 7. The molecular weight excluding hydrogens is 518 g/mol. The van der Waals surface area contributed by atoms with Gasteiger partial charge in [-0.25, -0.2) is 4.98 Å². The average molecular weight is 546 g/mol. The predicted octanol–water partition coefficient (Wildman–Crippen LogP) is 2.40. The van der Waals surface area contributed by atoms with Gasteiger partial charge in [-0.05, 0) is 57.7 Å². The van der Waals surface area contributed by atoms with Crippen LogP contribution in [0.2, 0.25) is 5.02 Å². The molecule has 4 atom stereocenters. The second kappa shape index (κ2) is 11.4. The van der Waals surface area contributed by atoms with Crippen LogP contribution in [0.25, 0.3) is 0 Å². The Morgan fingerprint density at radius 1 is 1.24 bits per heavy atom. The minimum absolute atomic E-state index is 0.0240. The fourth-order valence-electron chi connectivity index (χ4n) is 4.18. The highest BCUT2D eigenvalue weighted by atomic mass is 35.5. The van der Waals surface area contributed by atoms with Crippen LogP contribution in [0.5, 0.6) is 0 Å². The van der Waals surface area contributed by atoms with Gasteiger partial charge in [-0.2, -0.15) is 0 Å². The lowest BCUT2D eigenvalue weighted by Gasteiger charge is -2.21. The van der Waals surface area contributed by atoms with Gasteiger partial charge in [0.05, 0.1) is 34.4 Å².